The average molecular weight is 247 g/mol. The molecule has 0 amide bonds. The predicted octanol–water partition coefficient (Wildman–Crippen LogP) is 2.65. The zero-order valence-electron chi connectivity index (χ0n) is 11.2. The minimum absolute atomic E-state index is 0.448. The number of ether oxygens (including phenoxy) is 2. The molecule has 1 saturated carbocycles. The van der Waals surface area contributed by atoms with E-state index in [-0.39, 0.29) is 0 Å². The van der Waals surface area contributed by atoms with Crippen LogP contribution in [0.2, 0.25) is 0 Å². The van der Waals surface area contributed by atoms with Crippen molar-refractivity contribution < 1.29 is 14.3 Å². The van der Waals surface area contributed by atoms with Gasteiger partial charge in [-0.05, 0) is 43.9 Å². The van der Waals surface area contributed by atoms with Crippen molar-refractivity contribution in [2.45, 2.75) is 32.2 Å². The van der Waals surface area contributed by atoms with Crippen LogP contribution in [-0.2, 0) is 10.3 Å². The van der Waals surface area contributed by atoms with E-state index in [0.717, 1.165) is 29.5 Å². The molecule has 0 atom stereocenters. The monoisotopic (exact) mass is 247 g/mol. The highest BCUT2D eigenvalue weighted by atomic mass is 16.5. The summed E-state index contributed by atoms with van der Waals surface area (Å²) in [5, 5.41) is 0. The molecule has 4 nitrogen and oxygen atoms in total. The maximum atomic E-state index is 10.6. The quantitative estimate of drug-likeness (QED) is 0.607. The molecule has 1 aromatic carbocycles. The first-order valence-corrected chi connectivity index (χ1v) is 5.91. The summed E-state index contributed by atoms with van der Waals surface area (Å²) < 4.78 is 10.8. The number of carbonyl (C=O) groups excluding carboxylic acids is 1. The highest BCUT2D eigenvalue weighted by molar-refractivity contribution is 5.59. The Kier molecular flexibility index (Phi) is 3.14. The molecule has 1 aliphatic rings. The van der Waals surface area contributed by atoms with Gasteiger partial charge >= 0.3 is 0 Å². The van der Waals surface area contributed by atoms with Crippen LogP contribution in [0.5, 0.6) is 11.5 Å². The topological polar surface area (TPSA) is 47.9 Å². The van der Waals surface area contributed by atoms with Gasteiger partial charge in [0.25, 0.3) is 0 Å². The van der Waals surface area contributed by atoms with Crippen molar-refractivity contribution in [2.24, 2.45) is 4.99 Å². The van der Waals surface area contributed by atoms with Gasteiger partial charge in [-0.2, -0.15) is 4.99 Å². The number of methoxy groups -OCH3 is 2. The Morgan fingerprint density at radius 2 is 1.94 bits per heavy atom. The Morgan fingerprint density at radius 3 is 2.39 bits per heavy atom. The van der Waals surface area contributed by atoms with Gasteiger partial charge in [-0.15, -0.1) is 0 Å². The molecule has 4 heteroatoms. The summed E-state index contributed by atoms with van der Waals surface area (Å²) in [4.78, 5) is 14.6. The van der Waals surface area contributed by atoms with Crippen molar-refractivity contribution in [3.63, 3.8) is 0 Å². The summed E-state index contributed by atoms with van der Waals surface area (Å²) in [6.45, 7) is 4.04. The van der Waals surface area contributed by atoms with E-state index >= 15 is 0 Å². The molecule has 1 aliphatic carbocycles. The maximum Gasteiger partial charge on any atom is 0.235 e. The Bertz CT molecular complexity index is 526. The fourth-order valence-electron chi connectivity index (χ4n) is 2.40. The molecule has 18 heavy (non-hydrogen) atoms. The normalized spacial score (nSPS) is 15.8. The van der Waals surface area contributed by atoms with Gasteiger partial charge in [-0.25, -0.2) is 4.79 Å². The number of aliphatic imine (C=N–C) groups is 1. The van der Waals surface area contributed by atoms with E-state index < -0.39 is 5.54 Å². The van der Waals surface area contributed by atoms with Gasteiger partial charge in [0.2, 0.25) is 6.08 Å². The van der Waals surface area contributed by atoms with E-state index in [1.165, 1.54) is 0 Å². The highest BCUT2D eigenvalue weighted by Gasteiger charge is 2.48. The van der Waals surface area contributed by atoms with Crippen LogP contribution in [0, 0.1) is 13.8 Å². The fraction of sp³-hybridized carbons (Fsp3) is 0.500. The number of aryl methyl sites for hydroxylation is 1. The maximum absolute atomic E-state index is 10.6. The second kappa shape index (κ2) is 4.46. The second-order valence-electron chi connectivity index (χ2n) is 4.66. The Hall–Kier alpha value is -1.80. The SMILES string of the molecule is COc1cc(C)c(C)c(C2(N=C=O)CC2)c1OC. The van der Waals surface area contributed by atoms with Crippen molar-refractivity contribution in [3.8, 4) is 11.5 Å². The van der Waals surface area contributed by atoms with Gasteiger partial charge < -0.3 is 9.47 Å². The summed E-state index contributed by atoms with van der Waals surface area (Å²) in [5.41, 5.74) is 2.72. The molecule has 0 bridgehead atoms. The smallest absolute Gasteiger partial charge is 0.235 e. The highest BCUT2D eigenvalue weighted by Crippen LogP contribution is 2.55. The predicted molar refractivity (Wildman–Crippen MR) is 68.1 cm³/mol. The molecule has 0 N–H and O–H groups in total. The van der Waals surface area contributed by atoms with Crippen molar-refractivity contribution in [1.82, 2.24) is 0 Å². The lowest BCUT2D eigenvalue weighted by Gasteiger charge is -2.20. The van der Waals surface area contributed by atoms with Gasteiger partial charge in [0, 0.05) is 5.56 Å². The molecule has 96 valence electrons. The van der Waals surface area contributed by atoms with Gasteiger partial charge in [-0.1, -0.05) is 0 Å². The van der Waals surface area contributed by atoms with Gasteiger partial charge in [-0.3, -0.25) is 0 Å². The van der Waals surface area contributed by atoms with E-state index in [4.69, 9.17) is 9.47 Å². The largest absolute Gasteiger partial charge is 0.493 e. The average Bonchev–Trinajstić information content (AvgIpc) is 3.12. The Balaban J connectivity index is 2.71. The number of hydrogen-bond donors (Lipinski definition) is 0. The van der Waals surface area contributed by atoms with E-state index in [1.807, 2.05) is 19.9 Å². The van der Waals surface area contributed by atoms with Gasteiger partial charge in [0.05, 0.1) is 14.2 Å². The lowest BCUT2D eigenvalue weighted by Crippen LogP contribution is -2.10. The molecule has 0 unspecified atom stereocenters. The van der Waals surface area contributed by atoms with Crippen LogP contribution in [0.3, 0.4) is 0 Å². The van der Waals surface area contributed by atoms with Crippen molar-refractivity contribution in [3.05, 3.63) is 22.8 Å². The lowest BCUT2D eigenvalue weighted by molar-refractivity contribution is 0.348. The number of benzene rings is 1. The summed E-state index contributed by atoms with van der Waals surface area (Å²) in [6, 6.07) is 1.94. The third kappa shape index (κ3) is 1.79. The van der Waals surface area contributed by atoms with Crippen molar-refractivity contribution >= 4 is 6.08 Å². The summed E-state index contributed by atoms with van der Waals surface area (Å²) in [6.07, 6.45) is 3.39. The molecule has 1 fully saturated rings. The van der Waals surface area contributed by atoms with Crippen molar-refractivity contribution in [1.29, 1.82) is 0 Å². The molecule has 0 spiro atoms. The van der Waals surface area contributed by atoms with Crippen LogP contribution in [0.1, 0.15) is 29.5 Å². The van der Waals surface area contributed by atoms with E-state index in [1.54, 1.807) is 20.3 Å². The zero-order valence-corrected chi connectivity index (χ0v) is 11.2. The van der Waals surface area contributed by atoms with Crippen LogP contribution in [0.15, 0.2) is 11.1 Å². The molecule has 0 aliphatic heterocycles. The standard InChI is InChI=1S/C14H17NO3/c1-9-7-11(17-3)13(18-4)12(10(9)2)14(5-6-14)15-8-16/h7H,5-6H2,1-4H3. The third-order valence-electron chi connectivity index (χ3n) is 3.64. The molecule has 1 aromatic rings. The molecule has 2 rings (SSSR count). The third-order valence-corrected chi connectivity index (χ3v) is 3.64. The first-order chi connectivity index (χ1) is 8.59. The van der Waals surface area contributed by atoms with Crippen LogP contribution in [0.4, 0.5) is 0 Å². The molecule has 0 saturated heterocycles. The van der Waals surface area contributed by atoms with E-state index in [2.05, 4.69) is 4.99 Å². The fourth-order valence-corrected chi connectivity index (χ4v) is 2.40. The number of rotatable bonds is 4. The molecular formula is C14H17NO3. The Morgan fingerprint density at radius 1 is 1.28 bits per heavy atom. The minimum Gasteiger partial charge on any atom is -0.493 e. The molecule has 0 aromatic heterocycles. The molecule has 0 radical (unpaired) electrons. The van der Waals surface area contributed by atoms with E-state index in [9.17, 15) is 4.79 Å². The van der Waals surface area contributed by atoms with Crippen molar-refractivity contribution in [2.75, 3.05) is 14.2 Å². The number of isocyanates is 1. The molecule has 0 heterocycles. The first kappa shape index (κ1) is 12.7. The number of hydrogen-bond acceptors (Lipinski definition) is 4. The van der Waals surface area contributed by atoms with Gasteiger partial charge in [0.15, 0.2) is 11.5 Å². The lowest BCUT2D eigenvalue weighted by atomic mass is 9.94. The van der Waals surface area contributed by atoms with Crippen LogP contribution in [-0.4, -0.2) is 20.3 Å². The van der Waals surface area contributed by atoms with Crippen LogP contribution >= 0.6 is 0 Å². The van der Waals surface area contributed by atoms with Crippen LogP contribution < -0.4 is 9.47 Å². The summed E-state index contributed by atoms with van der Waals surface area (Å²) in [5.74, 6) is 1.36. The minimum atomic E-state index is -0.448. The first-order valence-electron chi connectivity index (χ1n) is 5.91. The van der Waals surface area contributed by atoms with E-state index in [0.29, 0.717) is 11.5 Å². The van der Waals surface area contributed by atoms with Gasteiger partial charge in [0.1, 0.15) is 5.54 Å². The van der Waals surface area contributed by atoms with Crippen LogP contribution in [0.25, 0.3) is 0 Å². The summed E-state index contributed by atoms with van der Waals surface area (Å²) >= 11 is 0. The second-order valence-corrected chi connectivity index (χ2v) is 4.66. The summed E-state index contributed by atoms with van der Waals surface area (Å²) in [7, 11) is 3.22. The Labute approximate surface area is 107 Å². The number of nitrogens with zero attached hydrogens (tertiary/aromatic N) is 1. The zero-order chi connectivity index (χ0) is 13.3. The molecular weight excluding hydrogens is 230 g/mol.